The molecule has 3 aliphatic rings. The molecule has 0 aliphatic carbocycles. The average Bonchev–Trinajstić information content (AvgIpc) is 3.43. The van der Waals surface area contributed by atoms with Gasteiger partial charge >= 0.3 is 6.01 Å². The third-order valence-electron chi connectivity index (χ3n) is 8.84. The summed E-state index contributed by atoms with van der Waals surface area (Å²) >= 11 is 6.69. The van der Waals surface area contributed by atoms with Crippen LogP contribution in [0.4, 0.5) is 11.5 Å². The van der Waals surface area contributed by atoms with Crippen LogP contribution >= 0.6 is 11.6 Å². The molecular formula is C32H36ClN7O2. The van der Waals surface area contributed by atoms with Gasteiger partial charge in [0, 0.05) is 48.9 Å². The van der Waals surface area contributed by atoms with E-state index in [1.807, 2.05) is 12.1 Å². The minimum Gasteiger partial charge on any atom is -0.462 e. The maximum absolute atomic E-state index is 12.5. The minimum absolute atomic E-state index is 0.145. The van der Waals surface area contributed by atoms with Crippen LogP contribution in [0.15, 0.2) is 49.1 Å². The largest absolute Gasteiger partial charge is 0.462 e. The summed E-state index contributed by atoms with van der Waals surface area (Å²) in [5.74, 6) is 0.702. The van der Waals surface area contributed by atoms with Gasteiger partial charge in [0.1, 0.15) is 12.4 Å². The summed E-state index contributed by atoms with van der Waals surface area (Å²) in [7, 11) is 2.13. The van der Waals surface area contributed by atoms with Crippen LogP contribution in [0.25, 0.3) is 10.8 Å². The predicted molar refractivity (Wildman–Crippen MR) is 165 cm³/mol. The number of rotatable bonds is 7. The Kier molecular flexibility index (Phi) is 8.18. The molecule has 1 aromatic heterocycles. The SMILES string of the molecule is C=CC(=O)N1CCN(c2nc(OC[C@@H]3CCCN3C)nc3c2CCN(c2cccc4cccc(Cl)c24)C3)C[C@@H]1CC#N. The zero-order valence-corrected chi connectivity index (χ0v) is 24.8. The van der Waals surface area contributed by atoms with Crippen LogP contribution < -0.4 is 14.5 Å². The van der Waals surface area contributed by atoms with E-state index in [0.29, 0.717) is 44.8 Å². The van der Waals surface area contributed by atoms with E-state index in [2.05, 4.69) is 58.7 Å². The van der Waals surface area contributed by atoms with Gasteiger partial charge in [-0.25, -0.2) is 0 Å². The molecule has 1 amide bonds. The van der Waals surface area contributed by atoms with E-state index in [9.17, 15) is 10.1 Å². The molecule has 0 unspecified atom stereocenters. The Bertz CT molecular complexity index is 1530. The normalized spacial score (nSPS) is 20.8. The molecule has 3 aliphatic heterocycles. The van der Waals surface area contributed by atoms with E-state index in [-0.39, 0.29) is 18.4 Å². The molecule has 2 aromatic carbocycles. The van der Waals surface area contributed by atoms with Crippen LogP contribution in [0.3, 0.4) is 0 Å². The van der Waals surface area contributed by atoms with Crippen LogP contribution in [0, 0.1) is 11.3 Å². The molecule has 2 saturated heterocycles. The Morgan fingerprint density at radius 2 is 1.98 bits per heavy atom. The first-order valence-electron chi connectivity index (χ1n) is 14.7. The molecule has 0 radical (unpaired) electrons. The predicted octanol–water partition coefficient (Wildman–Crippen LogP) is 4.44. The smallest absolute Gasteiger partial charge is 0.318 e. The number of anilines is 2. The Morgan fingerprint density at radius 3 is 2.74 bits per heavy atom. The van der Waals surface area contributed by atoms with Gasteiger partial charge in [-0.3, -0.25) is 4.79 Å². The van der Waals surface area contributed by atoms with Gasteiger partial charge in [-0.2, -0.15) is 15.2 Å². The molecule has 2 atom stereocenters. The Balaban J connectivity index is 1.34. The Labute approximate surface area is 251 Å². The first-order valence-corrected chi connectivity index (χ1v) is 15.0. The highest BCUT2D eigenvalue weighted by atomic mass is 35.5. The number of hydrogen-bond donors (Lipinski definition) is 0. The van der Waals surface area contributed by atoms with E-state index >= 15 is 0 Å². The number of carbonyl (C=O) groups excluding carboxylic acids is 1. The van der Waals surface area contributed by atoms with Gasteiger partial charge in [-0.1, -0.05) is 42.4 Å². The molecular weight excluding hydrogens is 550 g/mol. The summed E-state index contributed by atoms with van der Waals surface area (Å²) in [6.45, 7) is 8.28. The standard InChI is InChI=1S/C32H36ClN7O2/c1-3-29(41)40-18-17-39(19-23(40)12-14-34)31-25-13-16-38(28-11-5-8-22-7-4-10-26(33)30(22)28)20-27(25)35-32(36-31)42-21-24-9-6-15-37(24)2/h3-5,7-8,10-11,23-24H,1,6,9,12-13,15-21H2,2H3/t23-,24-/m0/s1. The van der Waals surface area contributed by atoms with Crippen LogP contribution in [0.2, 0.25) is 5.02 Å². The number of ether oxygens (including phenoxy) is 1. The highest BCUT2D eigenvalue weighted by Crippen LogP contribution is 2.37. The van der Waals surface area contributed by atoms with E-state index < -0.39 is 0 Å². The molecule has 3 aromatic rings. The van der Waals surface area contributed by atoms with Crippen molar-refractivity contribution in [2.45, 2.75) is 44.3 Å². The number of halogens is 1. The van der Waals surface area contributed by atoms with Gasteiger partial charge < -0.3 is 24.3 Å². The van der Waals surface area contributed by atoms with Crippen molar-refractivity contribution >= 4 is 39.8 Å². The summed E-state index contributed by atoms with van der Waals surface area (Å²) < 4.78 is 6.28. The fourth-order valence-corrected chi connectivity index (χ4v) is 6.83. The second-order valence-electron chi connectivity index (χ2n) is 11.3. The van der Waals surface area contributed by atoms with Gasteiger partial charge in [0.05, 0.1) is 35.8 Å². The number of carbonyl (C=O) groups is 1. The van der Waals surface area contributed by atoms with Crippen molar-refractivity contribution < 1.29 is 9.53 Å². The molecule has 42 heavy (non-hydrogen) atoms. The van der Waals surface area contributed by atoms with Crippen molar-refractivity contribution in [3.05, 3.63) is 65.3 Å². The van der Waals surface area contributed by atoms with Crippen LogP contribution in [-0.4, -0.2) is 84.1 Å². The van der Waals surface area contributed by atoms with Gasteiger partial charge in [0.2, 0.25) is 5.91 Å². The number of piperazine rings is 1. The second-order valence-corrected chi connectivity index (χ2v) is 11.7. The lowest BCUT2D eigenvalue weighted by Gasteiger charge is -2.42. The lowest BCUT2D eigenvalue weighted by molar-refractivity contribution is -0.128. The first kappa shape index (κ1) is 28.3. The fraction of sp³-hybridized carbons (Fsp3) is 0.438. The lowest BCUT2D eigenvalue weighted by Crippen LogP contribution is -2.55. The number of fused-ring (bicyclic) bond motifs is 2. The van der Waals surface area contributed by atoms with Gasteiger partial charge in [-0.05, 0) is 56.4 Å². The first-order chi connectivity index (χ1) is 20.5. The van der Waals surface area contributed by atoms with Crippen molar-refractivity contribution in [3.8, 4) is 12.1 Å². The van der Waals surface area contributed by atoms with E-state index in [1.54, 1.807) is 4.90 Å². The summed E-state index contributed by atoms with van der Waals surface area (Å²) in [6, 6.07) is 15.0. The molecule has 2 fully saturated rings. The van der Waals surface area contributed by atoms with Crippen molar-refractivity contribution in [1.29, 1.82) is 5.26 Å². The Morgan fingerprint density at radius 1 is 1.14 bits per heavy atom. The zero-order chi connectivity index (χ0) is 29.2. The highest BCUT2D eigenvalue weighted by Gasteiger charge is 2.33. The number of likely N-dealkylation sites (N-methyl/N-ethyl adjacent to an activating group) is 1. The zero-order valence-electron chi connectivity index (χ0n) is 24.0. The van der Waals surface area contributed by atoms with Crippen molar-refractivity contribution in [2.75, 3.05) is 56.2 Å². The summed E-state index contributed by atoms with van der Waals surface area (Å²) in [4.78, 5) is 31.1. The topological polar surface area (TPSA) is 88.8 Å². The minimum atomic E-state index is -0.241. The molecule has 0 bridgehead atoms. The molecule has 9 nitrogen and oxygen atoms in total. The highest BCUT2D eigenvalue weighted by molar-refractivity contribution is 6.36. The van der Waals surface area contributed by atoms with Crippen LogP contribution in [0.5, 0.6) is 6.01 Å². The lowest BCUT2D eigenvalue weighted by atomic mass is 10.0. The number of benzene rings is 2. The Hall–Kier alpha value is -3.87. The fourth-order valence-electron chi connectivity index (χ4n) is 6.56. The maximum Gasteiger partial charge on any atom is 0.318 e. The summed E-state index contributed by atoms with van der Waals surface area (Å²) in [5, 5.41) is 12.4. The second kappa shape index (κ2) is 12.2. The number of nitriles is 1. The van der Waals surface area contributed by atoms with Crippen molar-refractivity contribution in [1.82, 2.24) is 19.8 Å². The quantitative estimate of drug-likeness (QED) is 0.376. The number of likely N-dealkylation sites (tertiary alicyclic amines) is 1. The number of amides is 1. The molecule has 218 valence electrons. The maximum atomic E-state index is 12.5. The third kappa shape index (κ3) is 5.49. The number of nitrogens with zero attached hydrogens (tertiary/aromatic N) is 7. The van der Waals surface area contributed by atoms with Gasteiger partial charge in [0.25, 0.3) is 0 Å². The molecule has 10 heteroatoms. The monoisotopic (exact) mass is 585 g/mol. The van der Waals surface area contributed by atoms with Gasteiger partial charge in [0.15, 0.2) is 0 Å². The summed E-state index contributed by atoms with van der Waals surface area (Å²) in [5.41, 5.74) is 3.12. The molecule has 0 saturated carbocycles. The van der Waals surface area contributed by atoms with Crippen LogP contribution in [-0.2, 0) is 17.8 Å². The molecule has 0 N–H and O–H groups in total. The van der Waals surface area contributed by atoms with E-state index in [4.69, 9.17) is 26.3 Å². The third-order valence-corrected chi connectivity index (χ3v) is 9.15. The van der Waals surface area contributed by atoms with Gasteiger partial charge in [-0.15, -0.1) is 0 Å². The van der Waals surface area contributed by atoms with Crippen molar-refractivity contribution in [2.24, 2.45) is 0 Å². The summed E-state index contributed by atoms with van der Waals surface area (Å²) in [6.07, 6.45) is 4.59. The molecule has 0 spiro atoms. The van der Waals surface area contributed by atoms with E-state index in [1.165, 1.54) is 6.08 Å². The number of hydrogen-bond acceptors (Lipinski definition) is 8. The van der Waals surface area contributed by atoms with Crippen molar-refractivity contribution in [3.63, 3.8) is 0 Å². The molecule has 6 rings (SSSR count). The van der Waals surface area contributed by atoms with Crippen LogP contribution in [0.1, 0.15) is 30.5 Å². The number of aromatic nitrogens is 2. The van der Waals surface area contributed by atoms with E-state index in [0.717, 1.165) is 70.9 Å². The average molecular weight is 586 g/mol. The molecule has 4 heterocycles.